The first-order chi connectivity index (χ1) is 9.39. The van der Waals surface area contributed by atoms with Crippen LogP contribution in [0.2, 0.25) is 0 Å². The van der Waals surface area contributed by atoms with E-state index in [1.165, 1.54) is 0 Å². The molecule has 1 aromatic heterocycles. The first-order valence-electron chi connectivity index (χ1n) is 6.88. The van der Waals surface area contributed by atoms with E-state index in [2.05, 4.69) is 10.4 Å². The van der Waals surface area contributed by atoms with Crippen LogP contribution in [0.15, 0.2) is 6.07 Å². The van der Waals surface area contributed by atoms with Gasteiger partial charge in [-0.25, -0.2) is 8.42 Å². The maximum Gasteiger partial charge on any atom is 0.153 e. The number of rotatable bonds is 5. The molecule has 20 heavy (non-hydrogen) atoms. The van der Waals surface area contributed by atoms with Crippen LogP contribution >= 0.6 is 0 Å². The topological polar surface area (TPSA) is 81.1 Å². The van der Waals surface area contributed by atoms with Crippen LogP contribution < -0.4 is 5.32 Å². The van der Waals surface area contributed by atoms with Gasteiger partial charge < -0.3 is 5.32 Å². The summed E-state index contributed by atoms with van der Waals surface area (Å²) in [7, 11) is -2.99. The van der Waals surface area contributed by atoms with Crippen molar-refractivity contribution < 1.29 is 13.2 Å². The molecule has 0 aromatic carbocycles. The minimum atomic E-state index is -2.99. The second-order valence-electron chi connectivity index (χ2n) is 5.28. The summed E-state index contributed by atoms with van der Waals surface area (Å²) in [5.41, 5.74) is 1.79. The molecule has 112 valence electrons. The molecular formula is C13H21N3O3S. The average Bonchev–Trinajstić information content (AvgIpc) is 2.67. The molecule has 0 radical (unpaired) electrons. The van der Waals surface area contributed by atoms with Crippen LogP contribution in [0.4, 0.5) is 0 Å². The van der Waals surface area contributed by atoms with Crippen molar-refractivity contribution in [3.8, 4) is 0 Å². The molecule has 0 amide bonds. The fourth-order valence-electron chi connectivity index (χ4n) is 2.56. The molecule has 1 N–H and O–H groups in total. The van der Waals surface area contributed by atoms with E-state index >= 15 is 0 Å². The number of nitrogens with zero attached hydrogens (tertiary/aromatic N) is 2. The number of sulfone groups is 1. The molecule has 1 aliphatic rings. The molecule has 0 spiro atoms. The third-order valence-electron chi connectivity index (χ3n) is 3.44. The van der Waals surface area contributed by atoms with Crippen LogP contribution in [-0.4, -0.2) is 48.1 Å². The largest absolute Gasteiger partial charge is 0.312 e. The number of nitrogens with one attached hydrogen (secondary N) is 1. The average molecular weight is 299 g/mol. The Labute approximate surface area is 119 Å². The van der Waals surface area contributed by atoms with Crippen molar-refractivity contribution in [3.63, 3.8) is 0 Å². The monoisotopic (exact) mass is 299 g/mol. The van der Waals surface area contributed by atoms with E-state index in [1.807, 2.05) is 24.6 Å². The molecule has 2 rings (SSSR count). The molecule has 0 saturated carbocycles. The highest BCUT2D eigenvalue weighted by atomic mass is 32.2. The van der Waals surface area contributed by atoms with E-state index < -0.39 is 9.84 Å². The van der Waals surface area contributed by atoms with E-state index in [-0.39, 0.29) is 29.8 Å². The molecule has 1 fully saturated rings. The van der Waals surface area contributed by atoms with E-state index in [0.29, 0.717) is 13.0 Å². The second-order valence-corrected chi connectivity index (χ2v) is 7.51. The number of hydrogen-bond donors (Lipinski definition) is 1. The highest BCUT2D eigenvalue weighted by Crippen LogP contribution is 2.10. The van der Waals surface area contributed by atoms with Gasteiger partial charge in [0, 0.05) is 37.7 Å². The van der Waals surface area contributed by atoms with Crippen LogP contribution in [0.3, 0.4) is 0 Å². The molecule has 1 saturated heterocycles. The standard InChI is InChI=1S/C13H21N3O3S/c1-3-16-12(6-10(2)15-16)8-13(17)7-11-9-20(18,19)5-4-14-11/h6,11,14H,3-5,7-9H2,1-2H3. The molecule has 7 heteroatoms. The van der Waals surface area contributed by atoms with Crippen molar-refractivity contribution >= 4 is 15.6 Å². The fraction of sp³-hybridized carbons (Fsp3) is 0.692. The van der Waals surface area contributed by atoms with Gasteiger partial charge in [-0.1, -0.05) is 0 Å². The Hall–Kier alpha value is -1.21. The number of carbonyl (C=O) groups excluding carboxylic acids is 1. The summed E-state index contributed by atoms with van der Waals surface area (Å²) in [6.07, 6.45) is 0.570. The minimum absolute atomic E-state index is 0.0502. The molecule has 2 heterocycles. The lowest BCUT2D eigenvalue weighted by molar-refractivity contribution is -0.118. The Morgan fingerprint density at radius 1 is 1.55 bits per heavy atom. The van der Waals surface area contributed by atoms with Gasteiger partial charge in [-0.15, -0.1) is 0 Å². The maximum absolute atomic E-state index is 12.1. The van der Waals surface area contributed by atoms with Gasteiger partial charge >= 0.3 is 0 Å². The Balaban J connectivity index is 1.95. The molecule has 1 atom stereocenters. The van der Waals surface area contributed by atoms with Gasteiger partial charge in [0.05, 0.1) is 17.2 Å². The van der Waals surface area contributed by atoms with Crippen molar-refractivity contribution in [2.75, 3.05) is 18.1 Å². The third kappa shape index (κ3) is 3.89. The van der Waals surface area contributed by atoms with Crippen molar-refractivity contribution in [1.82, 2.24) is 15.1 Å². The van der Waals surface area contributed by atoms with Crippen molar-refractivity contribution in [3.05, 3.63) is 17.5 Å². The van der Waals surface area contributed by atoms with Crippen LogP contribution in [-0.2, 0) is 27.6 Å². The summed E-state index contributed by atoms with van der Waals surface area (Å²) in [4.78, 5) is 12.1. The Morgan fingerprint density at radius 3 is 2.95 bits per heavy atom. The molecule has 0 bridgehead atoms. The Morgan fingerprint density at radius 2 is 2.30 bits per heavy atom. The molecule has 1 aromatic rings. The number of Topliss-reactive ketones (excluding diaryl/α,β-unsaturated/α-hetero) is 1. The zero-order valence-electron chi connectivity index (χ0n) is 11.9. The number of carbonyl (C=O) groups is 1. The summed E-state index contributed by atoms with van der Waals surface area (Å²) in [6.45, 7) is 5.05. The number of aryl methyl sites for hydroxylation is 2. The van der Waals surface area contributed by atoms with Gasteiger partial charge in [-0.05, 0) is 19.9 Å². The van der Waals surface area contributed by atoms with Crippen LogP contribution in [0.1, 0.15) is 24.7 Å². The Kier molecular flexibility index (Phi) is 4.59. The van der Waals surface area contributed by atoms with Gasteiger partial charge in [-0.3, -0.25) is 9.48 Å². The lowest BCUT2D eigenvalue weighted by Gasteiger charge is -2.22. The van der Waals surface area contributed by atoms with Crippen LogP contribution in [0, 0.1) is 6.92 Å². The molecular weight excluding hydrogens is 278 g/mol. The van der Waals surface area contributed by atoms with Gasteiger partial charge in [0.25, 0.3) is 0 Å². The molecule has 1 unspecified atom stereocenters. The quantitative estimate of drug-likeness (QED) is 0.834. The predicted molar refractivity (Wildman–Crippen MR) is 76.4 cm³/mol. The van der Waals surface area contributed by atoms with E-state index in [0.717, 1.165) is 17.9 Å². The lowest BCUT2D eigenvalue weighted by Crippen LogP contribution is -2.46. The van der Waals surface area contributed by atoms with Gasteiger partial charge in [0.2, 0.25) is 0 Å². The minimum Gasteiger partial charge on any atom is -0.312 e. The van der Waals surface area contributed by atoms with Gasteiger partial charge in [-0.2, -0.15) is 5.10 Å². The van der Waals surface area contributed by atoms with Crippen molar-refractivity contribution in [2.24, 2.45) is 0 Å². The van der Waals surface area contributed by atoms with Crippen LogP contribution in [0.5, 0.6) is 0 Å². The summed E-state index contributed by atoms with van der Waals surface area (Å²) < 4.78 is 24.9. The van der Waals surface area contributed by atoms with Crippen molar-refractivity contribution in [1.29, 1.82) is 0 Å². The molecule has 6 nitrogen and oxygen atoms in total. The van der Waals surface area contributed by atoms with E-state index in [1.54, 1.807) is 0 Å². The van der Waals surface area contributed by atoms with E-state index in [9.17, 15) is 13.2 Å². The Bertz CT molecular complexity index is 592. The van der Waals surface area contributed by atoms with Gasteiger partial charge in [0.1, 0.15) is 5.78 Å². The summed E-state index contributed by atoms with van der Waals surface area (Å²) >= 11 is 0. The first-order valence-corrected chi connectivity index (χ1v) is 8.70. The molecule has 1 aliphatic heterocycles. The third-order valence-corrected chi connectivity index (χ3v) is 5.17. The lowest BCUT2D eigenvalue weighted by atomic mass is 10.1. The zero-order chi connectivity index (χ0) is 14.8. The summed E-state index contributed by atoms with van der Waals surface area (Å²) in [5.74, 6) is 0.277. The highest BCUT2D eigenvalue weighted by molar-refractivity contribution is 7.91. The second kappa shape index (κ2) is 6.05. The normalized spacial score (nSPS) is 21.8. The zero-order valence-corrected chi connectivity index (χ0v) is 12.7. The summed E-state index contributed by atoms with van der Waals surface area (Å²) in [5, 5.41) is 7.41. The predicted octanol–water partition coefficient (Wildman–Crippen LogP) is 0.0997. The molecule has 0 aliphatic carbocycles. The number of hydrogen-bond acceptors (Lipinski definition) is 5. The number of aromatic nitrogens is 2. The van der Waals surface area contributed by atoms with Crippen LogP contribution in [0.25, 0.3) is 0 Å². The van der Waals surface area contributed by atoms with E-state index in [4.69, 9.17) is 0 Å². The fourth-order valence-corrected chi connectivity index (χ4v) is 4.01. The highest BCUT2D eigenvalue weighted by Gasteiger charge is 2.26. The number of ketones is 1. The van der Waals surface area contributed by atoms with Gasteiger partial charge in [0.15, 0.2) is 9.84 Å². The maximum atomic E-state index is 12.1. The summed E-state index contributed by atoms with van der Waals surface area (Å²) in [6, 6.07) is 1.66. The first kappa shape index (κ1) is 15.2. The van der Waals surface area contributed by atoms with Crippen molar-refractivity contribution in [2.45, 2.75) is 39.3 Å². The SMILES string of the molecule is CCn1nc(C)cc1CC(=O)CC1CS(=O)(=O)CCN1. The smallest absolute Gasteiger partial charge is 0.153 e.